The minimum atomic E-state index is -0.484. The fourth-order valence-corrected chi connectivity index (χ4v) is 2.11. The van der Waals surface area contributed by atoms with Gasteiger partial charge in [-0.2, -0.15) is 0 Å². The molecule has 1 aliphatic carbocycles. The van der Waals surface area contributed by atoms with E-state index in [4.69, 9.17) is 27.9 Å². The molecule has 2 atom stereocenters. The van der Waals surface area contributed by atoms with E-state index < -0.39 is 5.91 Å². The Bertz CT molecular complexity index is 563. The molecule has 20 heavy (non-hydrogen) atoms. The third kappa shape index (κ3) is 3.61. The summed E-state index contributed by atoms with van der Waals surface area (Å²) >= 11 is 11.8. The van der Waals surface area contributed by atoms with E-state index in [1.807, 2.05) is 6.92 Å². The van der Waals surface area contributed by atoms with E-state index in [1.54, 1.807) is 6.92 Å². The van der Waals surface area contributed by atoms with Crippen LogP contribution in [0.25, 0.3) is 0 Å². The molecule has 1 aliphatic rings. The van der Waals surface area contributed by atoms with Gasteiger partial charge in [0.25, 0.3) is 5.91 Å². The number of hydrogen-bond donors (Lipinski definition) is 1. The number of esters is 1. The number of aromatic nitrogens is 1. The molecular formula is C13H14Cl2N2O3. The molecule has 1 N–H and O–H groups in total. The molecule has 1 saturated carbocycles. The summed E-state index contributed by atoms with van der Waals surface area (Å²) in [6, 6.07) is 1.50. The summed E-state index contributed by atoms with van der Waals surface area (Å²) in [5.41, 5.74) is 0.551. The summed E-state index contributed by atoms with van der Waals surface area (Å²) in [6.07, 6.45) is 0.824. The van der Waals surface area contributed by atoms with E-state index >= 15 is 0 Å². The number of halogens is 2. The van der Waals surface area contributed by atoms with Crippen molar-refractivity contribution in [2.45, 2.75) is 20.3 Å². The van der Waals surface area contributed by atoms with Crippen molar-refractivity contribution in [2.24, 2.45) is 11.8 Å². The highest BCUT2D eigenvalue weighted by Gasteiger charge is 2.40. The van der Waals surface area contributed by atoms with E-state index in [2.05, 4.69) is 10.3 Å². The number of rotatable bonds is 4. The summed E-state index contributed by atoms with van der Waals surface area (Å²) in [5.74, 6) is -0.334. The van der Waals surface area contributed by atoms with Crippen molar-refractivity contribution in [1.82, 2.24) is 4.98 Å². The monoisotopic (exact) mass is 316 g/mol. The highest BCUT2D eigenvalue weighted by molar-refractivity contribution is 6.36. The van der Waals surface area contributed by atoms with Crippen LogP contribution in [0.15, 0.2) is 6.07 Å². The average Bonchev–Trinajstić information content (AvgIpc) is 3.10. The van der Waals surface area contributed by atoms with E-state index in [-0.39, 0.29) is 29.3 Å². The van der Waals surface area contributed by atoms with Crippen LogP contribution in [0.5, 0.6) is 0 Å². The Balaban J connectivity index is 1.88. The lowest BCUT2D eigenvalue weighted by Crippen LogP contribution is -2.22. The van der Waals surface area contributed by atoms with Crippen molar-refractivity contribution >= 4 is 40.9 Å². The molecule has 0 bridgehead atoms. The van der Waals surface area contributed by atoms with Gasteiger partial charge >= 0.3 is 5.97 Å². The molecule has 1 heterocycles. The molecule has 1 amide bonds. The lowest BCUT2D eigenvalue weighted by Gasteiger charge is -2.08. The number of amides is 1. The molecule has 0 spiro atoms. The van der Waals surface area contributed by atoms with Crippen LogP contribution in [0.4, 0.5) is 5.82 Å². The standard InChI is InChI=1S/C13H14Cl2N2O3/c1-6-3-8(6)13(19)20-5-11(18)17-12-10(15)4-9(14)7(2)16-12/h4,6,8H,3,5H2,1-2H3,(H,16,17,18)/t6-,8+/m0/s1. The summed E-state index contributed by atoms with van der Waals surface area (Å²) in [5, 5.41) is 3.14. The highest BCUT2D eigenvalue weighted by atomic mass is 35.5. The molecule has 1 aromatic heterocycles. The Morgan fingerprint density at radius 1 is 1.45 bits per heavy atom. The normalized spacial score (nSPS) is 20.4. The maximum Gasteiger partial charge on any atom is 0.309 e. The lowest BCUT2D eigenvalue weighted by atomic mass is 10.3. The fourth-order valence-electron chi connectivity index (χ4n) is 1.71. The molecule has 0 aromatic carbocycles. The third-order valence-corrected chi connectivity index (χ3v) is 3.79. The molecule has 5 nitrogen and oxygen atoms in total. The van der Waals surface area contributed by atoms with Gasteiger partial charge in [0.05, 0.1) is 21.7 Å². The Morgan fingerprint density at radius 2 is 2.10 bits per heavy atom. The number of anilines is 1. The minimum Gasteiger partial charge on any atom is -0.455 e. The van der Waals surface area contributed by atoms with Crippen molar-refractivity contribution < 1.29 is 14.3 Å². The van der Waals surface area contributed by atoms with Gasteiger partial charge in [0, 0.05) is 0 Å². The zero-order chi connectivity index (χ0) is 14.9. The molecule has 1 aromatic rings. The zero-order valence-electron chi connectivity index (χ0n) is 11.1. The van der Waals surface area contributed by atoms with Crippen LogP contribution in [0.2, 0.25) is 10.0 Å². The van der Waals surface area contributed by atoms with E-state index in [0.717, 1.165) is 6.42 Å². The summed E-state index contributed by atoms with van der Waals surface area (Å²) < 4.78 is 4.92. The van der Waals surface area contributed by atoms with Gasteiger partial charge in [-0.3, -0.25) is 9.59 Å². The van der Waals surface area contributed by atoms with Gasteiger partial charge in [-0.05, 0) is 25.3 Å². The van der Waals surface area contributed by atoms with Gasteiger partial charge in [0.15, 0.2) is 12.4 Å². The van der Waals surface area contributed by atoms with Crippen LogP contribution < -0.4 is 5.32 Å². The Hall–Kier alpha value is -1.33. The maximum atomic E-state index is 11.7. The SMILES string of the molecule is Cc1nc(NC(=O)COC(=O)[C@@H]2C[C@@H]2C)c(Cl)cc1Cl. The van der Waals surface area contributed by atoms with Gasteiger partial charge < -0.3 is 10.1 Å². The number of nitrogens with zero attached hydrogens (tertiary/aromatic N) is 1. The van der Waals surface area contributed by atoms with Gasteiger partial charge in [-0.25, -0.2) is 4.98 Å². The molecule has 0 saturated heterocycles. The van der Waals surface area contributed by atoms with Crippen LogP contribution in [0.3, 0.4) is 0 Å². The van der Waals surface area contributed by atoms with E-state index in [1.165, 1.54) is 6.07 Å². The predicted molar refractivity (Wildman–Crippen MR) is 75.9 cm³/mol. The number of nitrogens with one attached hydrogen (secondary N) is 1. The number of pyridine rings is 1. The maximum absolute atomic E-state index is 11.7. The molecule has 2 rings (SSSR count). The molecule has 0 radical (unpaired) electrons. The smallest absolute Gasteiger partial charge is 0.309 e. The molecular weight excluding hydrogens is 303 g/mol. The van der Waals surface area contributed by atoms with Gasteiger partial charge in [0.2, 0.25) is 0 Å². The Morgan fingerprint density at radius 3 is 2.70 bits per heavy atom. The second-order valence-electron chi connectivity index (χ2n) is 4.86. The number of hydrogen-bond acceptors (Lipinski definition) is 4. The van der Waals surface area contributed by atoms with Crippen LogP contribution in [-0.2, 0) is 14.3 Å². The molecule has 0 unspecified atom stereocenters. The van der Waals surface area contributed by atoms with Crippen molar-refractivity contribution in [3.8, 4) is 0 Å². The molecule has 0 aliphatic heterocycles. The quantitative estimate of drug-likeness (QED) is 0.867. The largest absolute Gasteiger partial charge is 0.455 e. The summed E-state index contributed by atoms with van der Waals surface area (Å²) in [7, 11) is 0. The molecule has 108 valence electrons. The Kier molecular flexibility index (Phi) is 4.50. The average molecular weight is 317 g/mol. The first kappa shape index (κ1) is 15.1. The molecule has 7 heteroatoms. The highest BCUT2D eigenvalue weighted by Crippen LogP contribution is 2.38. The number of aryl methyl sites for hydroxylation is 1. The van der Waals surface area contributed by atoms with E-state index in [9.17, 15) is 9.59 Å². The van der Waals surface area contributed by atoms with Crippen molar-refractivity contribution in [1.29, 1.82) is 0 Å². The second-order valence-corrected chi connectivity index (χ2v) is 5.68. The first-order valence-corrected chi connectivity index (χ1v) is 6.93. The van der Waals surface area contributed by atoms with Crippen LogP contribution in [-0.4, -0.2) is 23.5 Å². The minimum absolute atomic E-state index is 0.0673. The first-order chi connectivity index (χ1) is 9.38. The van der Waals surface area contributed by atoms with E-state index in [0.29, 0.717) is 16.6 Å². The molecule has 1 fully saturated rings. The third-order valence-electron chi connectivity index (χ3n) is 3.12. The fraction of sp³-hybridized carbons (Fsp3) is 0.462. The van der Waals surface area contributed by atoms with Crippen LogP contribution >= 0.6 is 23.2 Å². The van der Waals surface area contributed by atoms with Crippen LogP contribution in [0, 0.1) is 18.8 Å². The van der Waals surface area contributed by atoms with Crippen molar-refractivity contribution in [2.75, 3.05) is 11.9 Å². The summed E-state index contributed by atoms with van der Waals surface area (Å²) in [6.45, 7) is 3.32. The number of carbonyl (C=O) groups is 2. The lowest BCUT2D eigenvalue weighted by molar-refractivity contribution is -0.148. The van der Waals surface area contributed by atoms with Crippen molar-refractivity contribution in [3.05, 3.63) is 21.8 Å². The van der Waals surface area contributed by atoms with Gasteiger partial charge in [0.1, 0.15) is 0 Å². The van der Waals surface area contributed by atoms with Crippen LogP contribution in [0.1, 0.15) is 19.0 Å². The summed E-state index contributed by atoms with van der Waals surface area (Å²) in [4.78, 5) is 27.2. The number of ether oxygens (including phenoxy) is 1. The second kappa shape index (κ2) is 5.97. The predicted octanol–water partition coefficient (Wildman–Crippen LogP) is 2.83. The van der Waals surface area contributed by atoms with Crippen molar-refractivity contribution in [3.63, 3.8) is 0 Å². The van der Waals surface area contributed by atoms with Gasteiger partial charge in [-0.15, -0.1) is 0 Å². The first-order valence-electron chi connectivity index (χ1n) is 6.17. The topological polar surface area (TPSA) is 68.3 Å². The number of carbonyl (C=O) groups excluding carboxylic acids is 2. The zero-order valence-corrected chi connectivity index (χ0v) is 12.6. The van der Waals surface area contributed by atoms with Gasteiger partial charge in [-0.1, -0.05) is 30.1 Å². The Labute approximate surface area is 126 Å².